The Morgan fingerprint density at radius 3 is 2.37 bits per heavy atom. The molecule has 0 bridgehead atoms. The normalized spacial score (nSPS) is 23.2. The summed E-state index contributed by atoms with van der Waals surface area (Å²) in [5, 5.41) is 3.67. The molecule has 1 nitrogen and oxygen atoms in total. The zero-order valence-corrected chi connectivity index (χ0v) is 13.2. The van der Waals surface area contributed by atoms with Gasteiger partial charge in [-0.1, -0.05) is 23.8 Å². The summed E-state index contributed by atoms with van der Waals surface area (Å²) in [4.78, 5) is 0. The molecule has 1 fully saturated rings. The quantitative estimate of drug-likeness (QED) is 0.852. The van der Waals surface area contributed by atoms with Gasteiger partial charge in [-0.25, -0.2) is 0 Å². The van der Waals surface area contributed by atoms with E-state index in [9.17, 15) is 0 Å². The number of rotatable bonds is 4. The smallest absolute Gasteiger partial charge is 0.00966 e. The number of aryl methyl sites for hydroxylation is 2. The second-order valence-electron chi connectivity index (χ2n) is 7.36. The van der Waals surface area contributed by atoms with E-state index in [-0.39, 0.29) is 5.54 Å². The highest BCUT2D eigenvalue weighted by Crippen LogP contribution is 2.37. The molecular formula is C18H29N. The Hall–Kier alpha value is -0.820. The van der Waals surface area contributed by atoms with Crippen LogP contribution in [0.5, 0.6) is 0 Å². The molecular weight excluding hydrogens is 230 g/mol. The van der Waals surface area contributed by atoms with Gasteiger partial charge in [0, 0.05) is 5.54 Å². The van der Waals surface area contributed by atoms with E-state index in [2.05, 4.69) is 58.1 Å². The third-order valence-corrected chi connectivity index (χ3v) is 4.46. The van der Waals surface area contributed by atoms with Crippen molar-refractivity contribution in [3.8, 4) is 0 Å². The van der Waals surface area contributed by atoms with Gasteiger partial charge in [0.05, 0.1) is 0 Å². The molecule has 19 heavy (non-hydrogen) atoms. The molecule has 1 aliphatic rings. The zero-order valence-electron chi connectivity index (χ0n) is 13.2. The highest BCUT2D eigenvalue weighted by Gasteiger charge is 2.31. The van der Waals surface area contributed by atoms with Crippen LogP contribution >= 0.6 is 0 Å². The lowest BCUT2D eigenvalue weighted by Crippen LogP contribution is -2.44. The van der Waals surface area contributed by atoms with Crippen LogP contribution in [0, 0.1) is 25.7 Å². The third-order valence-electron chi connectivity index (χ3n) is 4.46. The lowest BCUT2D eigenvalue weighted by molar-refractivity contribution is 0.159. The van der Waals surface area contributed by atoms with E-state index >= 15 is 0 Å². The number of nitrogens with one attached hydrogen (secondary N) is 1. The summed E-state index contributed by atoms with van der Waals surface area (Å²) in [5.74, 6) is 1.76. The molecule has 0 saturated heterocycles. The summed E-state index contributed by atoms with van der Waals surface area (Å²) >= 11 is 0. The summed E-state index contributed by atoms with van der Waals surface area (Å²) < 4.78 is 0. The maximum absolute atomic E-state index is 3.67. The molecule has 0 amide bonds. The average molecular weight is 259 g/mol. The molecule has 1 saturated carbocycles. The Morgan fingerprint density at radius 2 is 1.79 bits per heavy atom. The van der Waals surface area contributed by atoms with Crippen molar-refractivity contribution in [1.82, 2.24) is 5.32 Å². The van der Waals surface area contributed by atoms with Crippen molar-refractivity contribution in [3.05, 3.63) is 34.9 Å². The van der Waals surface area contributed by atoms with E-state index in [0.717, 1.165) is 11.8 Å². The number of hydrogen-bond acceptors (Lipinski definition) is 1. The highest BCUT2D eigenvalue weighted by atomic mass is 14.9. The topological polar surface area (TPSA) is 12.0 Å². The fourth-order valence-corrected chi connectivity index (χ4v) is 2.92. The van der Waals surface area contributed by atoms with E-state index in [1.807, 2.05) is 0 Å². The molecule has 0 aliphatic heterocycles. The summed E-state index contributed by atoms with van der Waals surface area (Å²) in [6.07, 6.45) is 4.08. The third kappa shape index (κ3) is 4.07. The molecule has 1 N–H and O–H groups in total. The van der Waals surface area contributed by atoms with Crippen molar-refractivity contribution in [3.63, 3.8) is 0 Å². The molecule has 2 rings (SSSR count). The Labute approximate surface area is 118 Å². The maximum atomic E-state index is 3.67. The van der Waals surface area contributed by atoms with Gasteiger partial charge in [0.2, 0.25) is 0 Å². The van der Waals surface area contributed by atoms with E-state index in [1.165, 1.54) is 36.9 Å². The van der Waals surface area contributed by atoms with Gasteiger partial charge in [0.1, 0.15) is 0 Å². The van der Waals surface area contributed by atoms with Crippen molar-refractivity contribution in [2.45, 2.75) is 59.4 Å². The van der Waals surface area contributed by atoms with Crippen LogP contribution in [0.15, 0.2) is 18.2 Å². The minimum absolute atomic E-state index is 0.249. The Morgan fingerprint density at radius 1 is 1.11 bits per heavy atom. The monoisotopic (exact) mass is 259 g/mol. The van der Waals surface area contributed by atoms with Crippen LogP contribution in [0.25, 0.3) is 0 Å². The van der Waals surface area contributed by atoms with Crippen LogP contribution in [0.2, 0.25) is 0 Å². The predicted molar refractivity (Wildman–Crippen MR) is 83.6 cm³/mol. The van der Waals surface area contributed by atoms with Gasteiger partial charge in [0.15, 0.2) is 0 Å². The second kappa shape index (κ2) is 5.66. The molecule has 1 aliphatic carbocycles. The van der Waals surface area contributed by atoms with Crippen LogP contribution < -0.4 is 5.32 Å². The van der Waals surface area contributed by atoms with Crippen LogP contribution in [0.1, 0.15) is 50.3 Å². The summed E-state index contributed by atoms with van der Waals surface area (Å²) in [6, 6.07) is 6.87. The van der Waals surface area contributed by atoms with Crippen LogP contribution in [0.3, 0.4) is 0 Å². The van der Waals surface area contributed by atoms with Gasteiger partial charge in [0.25, 0.3) is 0 Å². The summed E-state index contributed by atoms with van der Waals surface area (Å²) in [5.41, 5.74) is 4.66. The van der Waals surface area contributed by atoms with Gasteiger partial charge in [-0.15, -0.1) is 0 Å². The standard InChI is InChI=1S/C18H29N/c1-13-6-7-14(2)17(10-13)11-15-8-9-16(15)12-19-18(3,4)5/h6-7,10,15-16,19H,8-9,11-12H2,1-5H3. The Bertz CT molecular complexity index is 428. The van der Waals surface area contributed by atoms with Gasteiger partial charge >= 0.3 is 0 Å². The molecule has 0 radical (unpaired) electrons. The summed E-state index contributed by atoms with van der Waals surface area (Å²) in [7, 11) is 0. The molecule has 1 heteroatoms. The largest absolute Gasteiger partial charge is 0.312 e. The summed E-state index contributed by atoms with van der Waals surface area (Å²) in [6.45, 7) is 12.4. The van der Waals surface area contributed by atoms with E-state index < -0.39 is 0 Å². The van der Waals surface area contributed by atoms with Crippen molar-refractivity contribution in [1.29, 1.82) is 0 Å². The fourth-order valence-electron chi connectivity index (χ4n) is 2.92. The van der Waals surface area contributed by atoms with E-state index in [1.54, 1.807) is 5.56 Å². The lowest BCUT2D eigenvalue weighted by atomic mass is 9.70. The first kappa shape index (κ1) is 14.6. The van der Waals surface area contributed by atoms with Crippen molar-refractivity contribution < 1.29 is 0 Å². The van der Waals surface area contributed by atoms with Crippen LogP contribution in [-0.4, -0.2) is 12.1 Å². The molecule has 1 aromatic rings. The molecule has 0 aromatic heterocycles. The van der Waals surface area contributed by atoms with Gasteiger partial charge < -0.3 is 5.32 Å². The average Bonchev–Trinajstić information content (AvgIpc) is 2.27. The second-order valence-corrected chi connectivity index (χ2v) is 7.36. The number of hydrogen-bond donors (Lipinski definition) is 1. The molecule has 0 spiro atoms. The molecule has 2 unspecified atom stereocenters. The highest BCUT2D eigenvalue weighted by molar-refractivity contribution is 5.31. The minimum Gasteiger partial charge on any atom is -0.312 e. The predicted octanol–water partition coefficient (Wildman–Crippen LogP) is 4.26. The number of benzene rings is 1. The van der Waals surface area contributed by atoms with Crippen LogP contribution in [-0.2, 0) is 6.42 Å². The van der Waals surface area contributed by atoms with Gasteiger partial charge in [-0.3, -0.25) is 0 Å². The molecule has 2 atom stereocenters. The molecule has 1 aromatic carbocycles. The maximum Gasteiger partial charge on any atom is 0.00966 e. The Balaban J connectivity index is 1.91. The minimum atomic E-state index is 0.249. The molecule has 106 valence electrons. The van der Waals surface area contributed by atoms with E-state index in [0.29, 0.717) is 0 Å². The van der Waals surface area contributed by atoms with Gasteiger partial charge in [-0.2, -0.15) is 0 Å². The van der Waals surface area contributed by atoms with Crippen molar-refractivity contribution in [2.24, 2.45) is 11.8 Å². The first-order valence-electron chi connectivity index (χ1n) is 7.66. The zero-order chi connectivity index (χ0) is 14.0. The van der Waals surface area contributed by atoms with Crippen LogP contribution in [0.4, 0.5) is 0 Å². The van der Waals surface area contributed by atoms with Crippen molar-refractivity contribution in [2.75, 3.05) is 6.54 Å². The SMILES string of the molecule is Cc1ccc(C)c(CC2CCC2CNC(C)(C)C)c1. The first-order valence-corrected chi connectivity index (χ1v) is 7.66. The Kier molecular flexibility index (Phi) is 4.35. The van der Waals surface area contributed by atoms with Crippen molar-refractivity contribution >= 4 is 0 Å². The first-order chi connectivity index (χ1) is 8.85. The fraction of sp³-hybridized carbons (Fsp3) is 0.667. The molecule has 0 heterocycles. The van der Waals surface area contributed by atoms with Gasteiger partial charge in [-0.05, 0) is 83.4 Å². The lowest BCUT2D eigenvalue weighted by Gasteiger charge is -2.39. The van der Waals surface area contributed by atoms with E-state index in [4.69, 9.17) is 0 Å².